The average molecular weight is 237 g/mol. The van der Waals surface area contributed by atoms with E-state index in [1.807, 2.05) is 11.6 Å². The Hall–Kier alpha value is -1.43. The van der Waals surface area contributed by atoms with Crippen LogP contribution in [0.3, 0.4) is 0 Å². The molecule has 0 aliphatic rings. The van der Waals surface area contributed by atoms with Crippen LogP contribution in [-0.4, -0.2) is 19.7 Å². The van der Waals surface area contributed by atoms with Crippen LogP contribution in [0.1, 0.15) is 25.6 Å². The number of aryl methyl sites for hydroxylation is 1. The standard InChI is InChI=1S/C10H15N5S/c1-6(2)15-9(8(11)7(3)14-15)16-10-12-4-5-13-10/h4-6H,11H2,1-3H3,(H,12,13). The molecule has 6 heteroatoms. The third kappa shape index (κ3) is 1.92. The smallest absolute Gasteiger partial charge is 0.171 e. The van der Waals surface area contributed by atoms with E-state index >= 15 is 0 Å². The first kappa shape index (κ1) is 11.1. The predicted octanol–water partition coefficient (Wildman–Crippen LogP) is 2.23. The molecule has 3 N–H and O–H groups in total. The number of nitrogens with one attached hydrogen (secondary N) is 1. The molecule has 0 radical (unpaired) electrons. The summed E-state index contributed by atoms with van der Waals surface area (Å²) < 4.78 is 1.93. The zero-order chi connectivity index (χ0) is 11.7. The van der Waals surface area contributed by atoms with E-state index in [0.717, 1.165) is 21.6 Å². The predicted molar refractivity (Wildman–Crippen MR) is 64.5 cm³/mol. The Bertz CT molecular complexity index is 472. The molecule has 0 bridgehead atoms. The van der Waals surface area contributed by atoms with E-state index in [4.69, 9.17) is 5.73 Å². The lowest BCUT2D eigenvalue weighted by Gasteiger charge is -2.09. The van der Waals surface area contributed by atoms with Crippen molar-refractivity contribution in [2.45, 2.75) is 37.0 Å². The fraction of sp³-hybridized carbons (Fsp3) is 0.400. The van der Waals surface area contributed by atoms with E-state index in [9.17, 15) is 0 Å². The molecule has 2 aromatic heterocycles. The van der Waals surface area contributed by atoms with Crippen molar-refractivity contribution in [2.75, 3.05) is 5.73 Å². The SMILES string of the molecule is Cc1nn(C(C)C)c(Sc2ncc[nH]2)c1N. The summed E-state index contributed by atoms with van der Waals surface area (Å²) in [5.41, 5.74) is 7.61. The second kappa shape index (κ2) is 4.21. The molecule has 0 atom stereocenters. The van der Waals surface area contributed by atoms with E-state index in [0.29, 0.717) is 0 Å². The van der Waals surface area contributed by atoms with E-state index in [-0.39, 0.29) is 6.04 Å². The molecule has 0 unspecified atom stereocenters. The van der Waals surface area contributed by atoms with Gasteiger partial charge in [0.2, 0.25) is 0 Å². The Morgan fingerprint density at radius 2 is 2.25 bits per heavy atom. The van der Waals surface area contributed by atoms with Gasteiger partial charge in [-0.05, 0) is 32.5 Å². The largest absolute Gasteiger partial charge is 0.395 e. The summed E-state index contributed by atoms with van der Waals surface area (Å²) in [6.07, 6.45) is 3.52. The summed E-state index contributed by atoms with van der Waals surface area (Å²) in [4.78, 5) is 7.22. The van der Waals surface area contributed by atoms with E-state index in [1.54, 1.807) is 12.4 Å². The second-order valence-electron chi connectivity index (χ2n) is 3.84. The highest BCUT2D eigenvalue weighted by Crippen LogP contribution is 2.33. The number of rotatable bonds is 3. The lowest BCUT2D eigenvalue weighted by atomic mass is 10.4. The number of aromatic amines is 1. The van der Waals surface area contributed by atoms with Crippen molar-refractivity contribution >= 4 is 17.4 Å². The summed E-state index contributed by atoms with van der Waals surface area (Å²) in [6.45, 7) is 6.08. The summed E-state index contributed by atoms with van der Waals surface area (Å²) >= 11 is 1.51. The molecule has 0 spiro atoms. The van der Waals surface area contributed by atoms with Gasteiger partial charge in [-0.15, -0.1) is 0 Å². The molecule has 86 valence electrons. The van der Waals surface area contributed by atoms with E-state index in [2.05, 4.69) is 28.9 Å². The lowest BCUT2D eigenvalue weighted by Crippen LogP contribution is -2.04. The van der Waals surface area contributed by atoms with Gasteiger partial charge in [-0.1, -0.05) is 0 Å². The summed E-state index contributed by atoms with van der Waals surface area (Å²) in [5, 5.41) is 6.19. The number of aromatic nitrogens is 4. The van der Waals surface area contributed by atoms with Gasteiger partial charge in [0.25, 0.3) is 0 Å². The molecule has 0 amide bonds. The molecule has 0 fully saturated rings. The van der Waals surface area contributed by atoms with Gasteiger partial charge in [-0.2, -0.15) is 5.10 Å². The van der Waals surface area contributed by atoms with Crippen molar-refractivity contribution in [1.29, 1.82) is 0 Å². The molecular formula is C10H15N5S. The van der Waals surface area contributed by atoms with Gasteiger partial charge in [0.1, 0.15) is 5.03 Å². The fourth-order valence-electron chi connectivity index (χ4n) is 1.39. The summed E-state index contributed by atoms with van der Waals surface area (Å²) in [6, 6.07) is 0.286. The molecule has 2 rings (SSSR count). The molecule has 16 heavy (non-hydrogen) atoms. The van der Waals surface area contributed by atoms with Crippen LogP contribution in [-0.2, 0) is 0 Å². The minimum atomic E-state index is 0.286. The van der Waals surface area contributed by atoms with Crippen molar-refractivity contribution in [3.8, 4) is 0 Å². The minimum absolute atomic E-state index is 0.286. The number of H-pyrrole nitrogens is 1. The van der Waals surface area contributed by atoms with Crippen LogP contribution in [0.5, 0.6) is 0 Å². The van der Waals surface area contributed by atoms with Crippen molar-refractivity contribution < 1.29 is 0 Å². The van der Waals surface area contributed by atoms with Crippen LogP contribution in [0.4, 0.5) is 5.69 Å². The molecule has 5 nitrogen and oxygen atoms in total. The van der Waals surface area contributed by atoms with Gasteiger partial charge in [0, 0.05) is 18.4 Å². The highest BCUT2D eigenvalue weighted by atomic mass is 32.2. The summed E-state index contributed by atoms with van der Waals surface area (Å²) in [5.74, 6) is 0. The van der Waals surface area contributed by atoms with Crippen molar-refractivity contribution in [3.05, 3.63) is 18.1 Å². The fourth-order valence-corrected chi connectivity index (χ4v) is 2.42. The van der Waals surface area contributed by atoms with Crippen LogP contribution in [0.15, 0.2) is 22.6 Å². The molecule has 0 aliphatic carbocycles. The molecule has 2 heterocycles. The average Bonchev–Trinajstić information content (AvgIpc) is 2.81. The van der Waals surface area contributed by atoms with Crippen molar-refractivity contribution in [3.63, 3.8) is 0 Å². The zero-order valence-electron chi connectivity index (χ0n) is 9.56. The second-order valence-corrected chi connectivity index (χ2v) is 4.82. The maximum atomic E-state index is 6.01. The van der Waals surface area contributed by atoms with Gasteiger partial charge < -0.3 is 10.7 Å². The molecule has 0 saturated heterocycles. The highest BCUT2D eigenvalue weighted by molar-refractivity contribution is 7.99. The summed E-state index contributed by atoms with van der Waals surface area (Å²) in [7, 11) is 0. The first-order chi connectivity index (χ1) is 7.59. The molecular weight excluding hydrogens is 222 g/mol. The zero-order valence-corrected chi connectivity index (χ0v) is 10.4. The quantitative estimate of drug-likeness (QED) is 0.858. The Morgan fingerprint density at radius 1 is 1.50 bits per heavy atom. The van der Waals surface area contributed by atoms with E-state index in [1.165, 1.54) is 11.8 Å². The first-order valence-electron chi connectivity index (χ1n) is 5.11. The number of imidazole rings is 1. The number of nitrogens with two attached hydrogens (primary N) is 1. The van der Waals surface area contributed by atoms with Crippen molar-refractivity contribution in [2.24, 2.45) is 0 Å². The number of nitrogens with zero attached hydrogens (tertiary/aromatic N) is 3. The van der Waals surface area contributed by atoms with Gasteiger partial charge >= 0.3 is 0 Å². The topological polar surface area (TPSA) is 72.5 Å². The van der Waals surface area contributed by atoms with Crippen LogP contribution in [0.25, 0.3) is 0 Å². The number of anilines is 1. The van der Waals surface area contributed by atoms with Crippen LogP contribution < -0.4 is 5.73 Å². The maximum Gasteiger partial charge on any atom is 0.171 e. The number of hydrogen-bond donors (Lipinski definition) is 2. The van der Waals surface area contributed by atoms with Crippen LogP contribution >= 0.6 is 11.8 Å². The molecule has 2 aromatic rings. The normalized spacial score (nSPS) is 11.2. The highest BCUT2D eigenvalue weighted by Gasteiger charge is 2.16. The minimum Gasteiger partial charge on any atom is -0.395 e. The van der Waals surface area contributed by atoms with Crippen LogP contribution in [0.2, 0.25) is 0 Å². The molecule has 0 saturated carbocycles. The van der Waals surface area contributed by atoms with Gasteiger partial charge in [-0.25, -0.2) is 4.98 Å². The van der Waals surface area contributed by atoms with E-state index < -0.39 is 0 Å². The Labute approximate surface area is 98.4 Å². The number of hydrogen-bond acceptors (Lipinski definition) is 4. The third-order valence-corrected chi connectivity index (χ3v) is 3.26. The molecule has 0 aliphatic heterocycles. The van der Waals surface area contributed by atoms with Crippen LogP contribution in [0, 0.1) is 6.92 Å². The van der Waals surface area contributed by atoms with Crippen molar-refractivity contribution in [1.82, 2.24) is 19.7 Å². The van der Waals surface area contributed by atoms with Gasteiger partial charge in [0.15, 0.2) is 5.16 Å². The Morgan fingerprint density at radius 3 is 2.81 bits per heavy atom. The monoisotopic (exact) mass is 237 g/mol. The third-order valence-electron chi connectivity index (χ3n) is 2.24. The first-order valence-corrected chi connectivity index (χ1v) is 5.93. The Kier molecular flexibility index (Phi) is 2.91. The Balaban J connectivity index is 2.38. The lowest BCUT2D eigenvalue weighted by molar-refractivity contribution is 0.491. The van der Waals surface area contributed by atoms with Gasteiger partial charge in [0.05, 0.1) is 11.4 Å². The maximum absolute atomic E-state index is 6.01. The molecule has 0 aromatic carbocycles. The number of nitrogen functional groups attached to an aromatic ring is 1. The van der Waals surface area contributed by atoms with Gasteiger partial charge in [-0.3, -0.25) is 4.68 Å².